The molecule has 0 saturated heterocycles. The normalized spacial score (nSPS) is 22.2. The fourth-order valence-corrected chi connectivity index (χ4v) is 2.58. The van der Waals surface area contributed by atoms with Crippen molar-refractivity contribution < 1.29 is 9.53 Å². The molecule has 2 rings (SSSR count). The number of carbonyl (C=O) groups is 1. The smallest absolute Gasteiger partial charge is 0.220 e. The van der Waals surface area contributed by atoms with Crippen LogP contribution in [0.5, 0.6) is 5.75 Å². The summed E-state index contributed by atoms with van der Waals surface area (Å²) in [6.45, 7) is 2.85. The van der Waals surface area contributed by atoms with E-state index in [1.165, 1.54) is 6.42 Å². The Hall–Kier alpha value is -1.51. The Kier molecular flexibility index (Phi) is 5.25. The maximum atomic E-state index is 11.8. The van der Waals surface area contributed by atoms with Gasteiger partial charge in [-0.05, 0) is 43.7 Å². The highest BCUT2D eigenvalue weighted by atomic mass is 16.5. The summed E-state index contributed by atoms with van der Waals surface area (Å²) in [4.78, 5) is 11.8. The van der Waals surface area contributed by atoms with Crippen LogP contribution in [0.25, 0.3) is 0 Å². The van der Waals surface area contributed by atoms with Gasteiger partial charge in [-0.15, -0.1) is 0 Å². The summed E-state index contributed by atoms with van der Waals surface area (Å²) >= 11 is 0. The zero-order valence-electron chi connectivity index (χ0n) is 11.6. The van der Waals surface area contributed by atoms with Gasteiger partial charge in [0.2, 0.25) is 5.91 Å². The van der Waals surface area contributed by atoms with Crippen LogP contribution in [0, 0.1) is 5.92 Å². The summed E-state index contributed by atoms with van der Waals surface area (Å²) in [5.74, 6) is 1.79. The molecule has 0 heterocycles. The van der Waals surface area contributed by atoms with Crippen molar-refractivity contribution in [3.8, 4) is 5.75 Å². The summed E-state index contributed by atoms with van der Waals surface area (Å²) in [5.41, 5.74) is 0. The fraction of sp³-hybridized carbons (Fsp3) is 0.562. The van der Waals surface area contributed by atoms with Crippen molar-refractivity contribution in [1.29, 1.82) is 0 Å². The van der Waals surface area contributed by atoms with E-state index >= 15 is 0 Å². The van der Waals surface area contributed by atoms with Gasteiger partial charge in [-0.3, -0.25) is 4.79 Å². The number of nitrogens with one attached hydrogen (secondary N) is 1. The average molecular weight is 261 g/mol. The molecule has 1 aromatic rings. The highest BCUT2D eigenvalue weighted by Gasteiger charge is 2.22. The number of hydrogen-bond donors (Lipinski definition) is 1. The Morgan fingerprint density at radius 1 is 1.32 bits per heavy atom. The molecule has 1 fully saturated rings. The third-order valence-corrected chi connectivity index (χ3v) is 3.62. The van der Waals surface area contributed by atoms with Crippen LogP contribution in [-0.2, 0) is 4.79 Å². The van der Waals surface area contributed by atoms with Crippen molar-refractivity contribution in [2.24, 2.45) is 5.92 Å². The van der Waals surface area contributed by atoms with E-state index < -0.39 is 0 Å². The number of ether oxygens (including phenoxy) is 1. The maximum Gasteiger partial charge on any atom is 0.220 e. The monoisotopic (exact) mass is 261 g/mol. The lowest BCUT2D eigenvalue weighted by Gasteiger charge is -2.12. The summed E-state index contributed by atoms with van der Waals surface area (Å²) in [6.07, 6.45) is 4.82. The van der Waals surface area contributed by atoms with Crippen LogP contribution in [-0.4, -0.2) is 18.6 Å². The molecule has 104 valence electrons. The first-order valence-corrected chi connectivity index (χ1v) is 7.21. The van der Waals surface area contributed by atoms with Gasteiger partial charge in [0.25, 0.3) is 0 Å². The summed E-state index contributed by atoms with van der Waals surface area (Å²) in [5, 5.41) is 3.11. The quantitative estimate of drug-likeness (QED) is 0.799. The molecule has 0 radical (unpaired) electrons. The Morgan fingerprint density at radius 2 is 2.11 bits per heavy atom. The third-order valence-electron chi connectivity index (χ3n) is 3.62. The van der Waals surface area contributed by atoms with Crippen molar-refractivity contribution in [1.82, 2.24) is 5.32 Å². The lowest BCUT2D eigenvalue weighted by molar-refractivity contribution is -0.122. The zero-order chi connectivity index (χ0) is 13.5. The van der Waals surface area contributed by atoms with E-state index in [4.69, 9.17) is 4.74 Å². The molecule has 0 aromatic heterocycles. The summed E-state index contributed by atoms with van der Waals surface area (Å²) in [7, 11) is 0. The van der Waals surface area contributed by atoms with E-state index in [1.807, 2.05) is 30.3 Å². The van der Waals surface area contributed by atoms with Crippen molar-refractivity contribution in [3.63, 3.8) is 0 Å². The van der Waals surface area contributed by atoms with Crippen LogP contribution in [0.4, 0.5) is 0 Å². The molecule has 0 spiro atoms. The first-order valence-electron chi connectivity index (χ1n) is 7.21. The fourth-order valence-electron chi connectivity index (χ4n) is 2.58. The molecule has 3 heteroatoms. The van der Waals surface area contributed by atoms with Crippen LogP contribution < -0.4 is 10.1 Å². The van der Waals surface area contributed by atoms with Gasteiger partial charge in [-0.1, -0.05) is 25.1 Å². The van der Waals surface area contributed by atoms with Crippen molar-refractivity contribution >= 4 is 5.91 Å². The van der Waals surface area contributed by atoms with Gasteiger partial charge in [0.1, 0.15) is 5.75 Å². The predicted octanol–water partition coefficient (Wildman–Crippen LogP) is 3.15. The molecule has 0 aliphatic heterocycles. The standard InChI is InChI=1S/C16H23NO2/c1-13-9-10-14(12-13)17-16(18)8-5-11-19-15-6-3-2-4-7-15/h2-4,6-7,13-14H,5,8-12H2,1H3,(H,17,18). The highest BCUT2D eigenvalue weighted by Crippen LogP contribution is 2.24. The second-order valence-corrected chi connectivity index (χ2v) is 5.45. The molecular formula is C16H23NO2. The Bertz CT molecular complexity index is 391. The third kappa shape index (κ3) is 4.93. The van der Waals surface area contributed by atoms with Gasteiger partial charge in [0.15, 0.2) is 0 Å². The molecule has 1 N–H and O–H groups in total. The van der Waals surface area contributed by atoms with Gasteiger partial charge in [-0.25, -0.2) is 0 Å². The lowest BCUT2D eigenvalue weighted by atomic mass is 10.1. The van der Waals surface area contributed by atoms with Crippen molar-refractivity contribution in [3.05, 3.63) is 30.3 Å². The van der Waals surface area contributed by atoms with Gasteiger partial charge >= 0.3 is 0 Å². The van der Waals surface area contributed by atoms with E-state index in [2.05, 4.69) is 12.2 Å². The molecule has 1 amide bonds. The van der Waals surface area contributed by atoms with E-state index in [1.54, 1.807) is 0 Å². The number of carbonyl (C=O) groups excluding carboxylic acids is 1. The minimum atomic E-state index is 0.163. The van der Waals surface area contributed by atoms with E-state index in [0.717, 1.165) is 30.9 Å². The molecule has 2 atom stereocenters. The van der Waals surface area contributed by atoms with E-state index in [0.29, 0.717) is 19.1 Å². The first kappa shape index (κ1) is 13.9. The minimum absolute atomic E-state index is 0.163. The largest absolute Gasteiger partial charge is 0.494 e. The second kappa shape index (κ2) is 7.17. The predicted molar refractivity (Wildman–Crippen MR) is 76.1 cm³/mol. The van der Waals surface area contributed by atoms with Crippen molar-refractivity contribution in [2.75, 3.05) is 6.61 Å². The number of rotatable bonds is 6. The van der Waals surface area contributed by atoms with Crippen molar-refractivity contribution in [2.45, 2.75) is 45.1 Å². The highest BCUT2D eigenvalue weighted by molar-refractivity contribution is 5.76. The van der Waals surface area contributed by atoms with Gasteiger partial charge in [0.05, 0.1) is 6.61 Å². The maximum absolute atomic E-state index is 11.8. The first-order chi connectivity index (χ1) is 9.24. The molecule has 3 nitrogen and oxygen atoms in total. The lowest BCUT2D eigenvalue weighted by Crippen LogP contribution is -2.32. The Labute approximate surface area is 115 Å². The molecule has 0 bridgehead atoms. The summed E-state index contributed by atoms with van der Waals surface area (Å²) in [6, 6.07) is 10.1. The molecule has 1 saturated carbocycles. The van der Waals surface area contributed by atoms with Crippen LogP contribution in [0.3, 0.4) is 0 Å². The van der Waals surface area contributed by atoms with Crippen LogP contribution in [0.15, 0.2) is 30.3 Å². The van der Waals surface area contributed by atoms with Gasteiger partial charge in [-0.2, -0.15) is 0 Å². The van der Waals surface area contributed by atoms with E-state index in [9.17, 15) is 4.79 Å². The van der Waals surface area contributed by atoms with Gasteiger partial charge in [0, 0.05) is 12.5 Å². The number of para-hydroxylation sites is 1. The molecule has 1 aromatic carbocycles. The minimum Gasteiger partial charge on any atom is -0.494 e. The molecule has 19 heavy (non-hydrogen) atoms. The summed E-state index contributed by atoms with van der Waals surface area (Å²) < 4.78 is 5.56. The van der Waals surface area contributed by atoms with Gasteiger partial charge < -0.3 is 10.1 Å². The molecule has 1 aliphatic rings. The van der Waals surface area contributed by atoms with Crippen LogP contribution >= 0.6 is 0 Å². The second-order valence-electron chi connectivity index (χ2n) is 5.45. The molecular weight excluding hydrogens is 238 g/mol. The van der Waals surface area contributed by atoms with Crippen LogP contribution in [0.1, 0.15) is 39.0 Å². The Balaban J connectivity index is 1.57. The molecule has 2 unspecified atom stereocenters. The van der Waals surface area contributed by atoms with Crippen LogP contribution in [0.2, 0.25) is 0 Å². The number of hydrogen-bond acceptors (Lipinski definition) is 2. The number of benzene rings is 1. The Morgan fingerprint density at radius 3 is 2.79 bits per heavy atom. The average Bonchev–Trinajstić information content (AvgIpc) is 2.81. The topological polar surface area (TPSA) is 38.3 Å². The number of amides is 1. The SMILES string of the molecule is CC1CCC(NC(=O)CCCOc2ccccc2)C1. The van der Waals surface area contributed by atoms with E-state index in [-0.39, 0.29) is 5.91 Å². The molecule has 1 aliphatic carbocycles. The zero-order valence-corrected chi connectivity index (χ0v) is 11.6.